The van der Waals surface area contributed by atoms with E-state index in [4.69, 9.17) is 0 Å². The van der Waals surface area contributed by atoms with E-state index < -0.39 is 0 Å². The monoisotopic (exact) mass is 223 g/mol. The van der Waals surface area contributed by atoms with Crippen molar-refractivity contribution in [2.75, 3.05) is 12.3 Å². The van der Waals surface area contributed by atoms with Crippen molar-refractivity contribution in [3.63, 3.8) is 0 Å². The molecule has 0 heterocycles. The molecule has 15 heavy (non-hydrogen) atoms. The van der Waals surface area contributed by atoms with Gasteiger partial charge in [-0.2, -0.15) is 12.6 Å². The van der Waals surface area contributed by atoms with Crippen LogP contribution >= 0.6 is 12.6 Å². The van der Waals surface area contributed by atoms with Crippen molar-refractivity contribution >= 4 is 18.5 Å². The van der Waals surface area contributed by atoms with Crippen LogP contribution in [0.2, 0.25) is 0 Å². The van der Waals surface area contributed by atoms with Crippen molar-refractivity contribution in [2.45, 2.75) is 19.8 Å². The molecule has 2 nitrogen and oxygen atoms in total. The Labute approximate surface area is 96.5 Å². The van der Waals surface area contributed by atoms with Gasteiger partial charge in [0.1, 0.15) is 0 Å². The number of rotatable bonds is 5. The average molecular weight is 223 g/mol. The molecule has 1 aromatic carbocycles. The van der Waals surface area contributed by atoms with Gasteiger partial charge in [-0.15, -0.1) is 0 Å². The zero-order chi connectivity index (χ0) is 11.1. The molecule has 0 aliphatic heterocycles. The van der Waals surface area contributed by atoms with Gasteiger partial charge in [-0.25, -0.2) is 0 Å². The summed E-state index contributed by atoms with van der Waals surface area (Å²) in [5.74, 6) is 0.689. The van der Waals surface area contributed by atoms with Crippen molar-refractivity contribution in [3.8, 4) is 0 Å². The molecule has 3 heteroatoms. The third-order valence-corrected chi connectivity index (χ3v) is 2.38. The molecule has 0 atom stereocenters. The van der Waals surface area contributed by atoms with Gasteiger partial charge in [0.25, 0.3) is 0 Å². The first-order chi connectivity index (χ1) is 7.22. The Hall–Kier alpha value is -0.960. The number of nitrogens with one attached hydrogen (secondary N) is 1. The number of thiol groups is 1. The minimum Gasteiger partial charge on any atom is -0.356 e. The zero-order valence-corrected chi connectivity index (χ0v) is 9.89. The third kappa shape index (κ3) is 4.88. The summed E-state index contributed by atoms with van der Waals surface area (Å²) in [5, 5.41) is 2.86. The first kappa shape index (κ1) is 12.1. The molecule has 1 aromatic rings. The Morgan fingerprint density at radius 1 is 1.47 bits per heavy atom. The van der Waals surface area contributed by atoms with E-state index in [9.17, 15) is 4.79 Å². The second-order valence-electron chi connectivity index (χ2n) is 3.56. The van der Waals surface area contributed by atoms with Gasteiger partial charge < -0.3 is 5.32 Å². The Balaban J connectivity index is 2.28. The highest BCUT2D eigenvalue weighted by Crippen LogP contribution is 2.03. The van der Waals surface area contributed by atoms with Crippen LogP contribution in [0.5, 0.6) is 0 Å². The zero-order valence-electron chi connectivity index (χ0n) is 8.99. The van der Waals surface area contributed by atoms with Crippen LogP contribution in [0.4, 0.5) is 0 Å². The summed E-state index contributed by atoms with van der Waals surface area (Å²) in [7, 11) is 0. The van der Waals surface area contributed by atoms with Crippen molar-refractivity contribution in [3.05, 3.63) is 35.4 Å². The molecule has 0 aromatic heterocycles. The van der Waals surface area contributed by atoms with E-state index in [-0.39, 0.29) is 5.91 Å². The molecule has 0 saturated carbocycles. The number of hydrogen-bond donors (Lipinski definition) is 2. The smallest absolute Gasteiger partial charge is 0.220 e. The number of benzene rings is 1. The van der Waals surface area contributed by atoms with E-state index in [2.05, 4.69) is 43.1 Å². The lowest BCUT2D eigenvalue weighted by atomic mass is 10.1. The highest BCUT2D eigenvalue weighted by atomic mass is 32.1. The van der Waals surface area contributed by atoms with Crippen LogP contribution in [0.15, 0.2) is 24.3 Å². The summed E-state index contributed by atoms with van der Waals surface area (Å²) in [4.78, 5) is 11.1. The molecule has 0 aliphatic rings. The van der Waals surface area contributed by atoms with Gasteiger partial charge in [-0.3, -0.25) is 4.79 Å². The maximum Gasteiger partial charge on any atom is 0.220 e. The number of amides is 1. The van der Waals surface area contributed by atoms with Gasteiger partial charge in [0.2, 0.25) is 5.91 Å². The van der Waals surface area contributed by atoms with E-state index in [1.165, 1.54) is 11.1 Å². The minimum absolute atomic E-state index is 0.0812. The normalized spacial score (nSPS) is 10.0. The first-order valence-corrected chi connectivity index (χ1v) is 5.78. The van der Waals surface area contributed by atoms with Gasteiger partial charge in [-0.05, 0) is 24.7 Å². The molecular formula is C12H17NOS. The molecule has 1 rings (SSSR count). The lowest BCUT2D eigenvalue weighted by molar-refractivity contribution is -0.120. The summed E-state index contributed by atoms with van der Waals surface area (Å²) in [5.41, 5.74) is 2.52. The second-order valence-corrected chi connectivity index (χ2v) is 4.01. The summed E-state index contributed by atoms with van der Waals surface area (Å²) >= 11 is 4.00. The summed E-state index contributed by atoms with van der Waals surface area (Å²) in [6.07, 6.45) is 1.39. The van der Waals surface area contributed by atoms with Gasteiger partial charge in [0.05, 0.1) is 0 Å². The fourth-order valence-electron chi connectivity index (χ4n) is 1.40. The van der Waals surface area contributed by atoms with Crippen molar-refractivity contribution in [1.82, 2.24) is 5.32 Å². The highest BCUT2D eigenvalue weighted by Gasteiger charge is 1.98. The van der Waals surface area contributed by atoms with Crippen LogP contribution in [-0.2, 0) is 11.2 Å². The van der Waals surface area contributed by atoms with Crippen molar-refractivity contribution in [1.29, 1.82) is 0 Å². The second kappa shape index (κ2) is 6.51. The molecule has 0 spiro atoms. The molecule has 0 unspecified atom stereocenters. The number of carbonyl (C=O) groups excluding carboxylic acids is 1. The summed E-state index contributed by atoms with van der Waals surface area (Å²) in [6.45, 7) is 2.78. The van der Waals surface area contributed by atoms with Crippen molar-refractivity contribution < 1.29 is 4.79 Å². The fourth-order valence-corrected chi connectivity index (χ4v) is 1.61. The van der Waals surface area contributed by atoms with Crippen LogP contribution in [0.1, 0.15) is 17.5 Å². The molecule has 0 aliphatic carbocycles. The Bertz CT molecular complexity index is 325. The molecule has 82 valence electrons. The molecule has 0 radical (unpaired) electrons. The van der Waals surface area contributed by atoms with Crippen LogP contribution in [-0.4, -0.2) is 18.2 Å². The van der Waals surface area contributed by atoms with E-state index in [1.807, 2.05) is 6.07 Å². The minimum atomic E-state index is 0.0812. The van der Waals surface area contributed by atoms with Crippen LogP contribution in [0.25, 0.3) is 0 Å². The van der Waals surface area contributed by atoms with Gasteiger partial charge in [-0.1, -0.05) is 29.8 Å². The highest BCUT2D eigenvalue weighted by molar-refractivity contribution is 7.80. The van der Waals surface area contributed by atoms with E-state index in [1.54, 1.807) is 0 Å². The van der Waals surface area contributed by atoms with Crippen molar-refractivity contribution in [2.24, 2.45) is 0 Å². The summed E-state index contributed by atoms with van der Waals surface area (Å²) in [6, 6.07) is 8.34. The molecule has 0 saturated heterocycles. The van der Waals surface area contributed by atoms with Gasteiger partial charge in [0.15, 0.2) is 0 Å². The SMILES string of the molecule is Cc1cccc(CCNC(=O)CCS)c1. The van der Waals surface area contributed by atoms with Gasteiger partial charge in [0, 0.05) is 13.0 Å². The van der Waals surface area contributed by atoms with E-state index >= 15 is 0 Å². The molecule has 0 bridgehead atoms. The lowest BCUT2D eigenvalue weighted by Crippen LogP contribution is -2.25. The van der Waals surface area contributed by atoms with E-state index in [0.29, 0.717) is 18.7 Å². The fraction of sp³-hybridized carbons (Fsp3) is 0.417. The third-order valence-electron chi connectivity index (χ3n) is 2.16. The largest absolute Gasteiger partial charge is 0.356 e. The number of aryl methyl sites for hydroxylation is 1. The molecule has 1 N–H and O–H groups in total. The topological polar surface area (TPSA) is 29.1 Å². The average Bonchev–Trinajstić information content (AvgIpc) is 2.18. The van der Waals surface area contributed by atoms with E-state index in [0.717, 1.165) is 6.42 Å². The maximum atomic E-state index is 11.1. The maximum absolute atomic E-state index is 11.1. The molecule has 1 amide bonds. The van der Waals surface area contributed by atoms with Crippen LogP contribution < -0.4 is 5.32 Å². The predicted molar refractivity (Wildman–Crippen MR) is 66.4 cm³/mol. The molecular weight excluding hydrogens is 206 g/mol. The Morgan fingerprint density at radius 3 is 2.93 bits per heavy atom. The van der Waals surface area contributed by atoms with Crippen LogP contribution in [0, 0.1) is 6.92 Å². The lowest BCUT2D eigenvalue weighted by Gasteiger charge is -2.04. The quantitative estimate of drug-likeness (QED) is 0.734. The number of carbonyl (C=O) groups is 1. The molecule has 0 fully saturated rings. The Kier molecular flexibility index (Phi) is 5.26. The standard InChI is InChI=1S/C12H17NOS/c1-10-3-2-4-11(9-10)5-7-13-12(14)6-8-15/h2-4,9,15H,5-8H2,1H3,(H,13,14). The first-order valence-electron chi connectivity index (χ1n) is 5.15. The van der Waals surface area contributed by atoms with Crippen LogP contribution in [0.3, 0.4) is 0 Å². The number of hydrogen-bond acceptors (Lipinski definition) is 2. The summed E-state index contributed by atoms with van der Waals surface area (Å²) < 4.78 is 0. The Morgan fingerprint density at radius 2 is 2.27 bits per heavy atom. The predicted octanol–water partition coefficient (Wildman–Crippen LogP) is 1.97. The van der Waals surface area contributed by atoms with Gasteiger partial charge >= 0.3 is 0 Å².